The molecule has 0 fully saturated rings. The molecule has 0 bridgehead atoms. The molecule has 0 spiro atoms. The highest BCUT2D eigenvalue weighted by molar-refractivity contribution is 8.00. The maximum atomic E-state index is 14.1. The molecule has 1 aliphatic rings. The largest absolute Gasteiger partial charge is 0.346 e. The van der Waals surface area contributed by atoms with Crippen LogP contribution in [0.15, 0.2) is 71.8 Å². The normalized spacial score (nSPS) is 13.1. The summed E-state index contributed by atoms with van der Waals surface area (Å²) in [6, 6.07) is 17.1. The second-order valence-electron chi connectivity index (χ2n) is 6.55. The van der Waals surface area contributed by atoms with E-state index in [-0.39, 0.29) is 29.9 Å². The summed E-state index contributed by atoms with van der Waals surface area (Å²) in [5.74, 6) is -0.444. The molecule has 7 heteroatoms. The Morgan fingerprint density at radius 3 is 2.76 bits per heavy atom. The number of hydrogen-bond acceptors (Lipinski definition) is 4. The number of thioether (sulfide) groups is 1. The SMILES string of the molecule is O=C(NCc1ccccn1)c1ccc2c(c1)N(Cc1ccccc1F)C(=O)CS2. The van der Waals surface area contributed by atoms with Gasteiger partial charge in [0.2, 0.25) is 5.91 Å². The molecule has 0 atom stereocenters. The summed E-state index contributed by atoms with van der Waals surface area (Å²) in [6.07, 6.45) is 1.67. The number of nitrogens with one attached hydrogen (secondary N) is 1. The molecule has 2 amide bonds. The Hall–Kier alpha value is -3.19. The van der Waals surface area contributed by atoms with Crippen molar-refractivity contribution in [2.45, 2.75) is 18.0 Å². The molecule has 2 aromatic carbocycles. The van der Waals surface area contributed by atoms with Gasteiger partial charge in [0.1, 0.15) is 5.82 Å². The van der Waals surface area contributed by atoms with Gasteiger partial charge < -0.3 is 10.2 Å². The van der Waals surface area contributed by atoms with Crippen molar-refractivity contribution in [3.05, 3.63) is 89.5 Å². The lowest BCUT2D eigenvalue weighted by molar-refractivity contribution is -0.116. The van der Waals surface area contributed by atoms with Gasteiger partial charge in [-0.3, -0.25) is 14.6 Å². The lowest BCUT2D eigenvalue weighted by Crippen LogP contribution is -2.35. The average Bonchev–Trinajstić information content (AvgIpc) is 2.75. The predicted octanol–water partition coefficient (Wildman–Crippen LogP) is 3.79. The standard InChI is InChI=1S/C22H18FN3O2S/c23-18-7-2-1-5-16(18)13-26-19-11-15(8-9-20(19)29-14-21(26)27)22(28)25-12-17-6-3-4-10-24-17/h1-11H,12-14H2,(H,25,28). The fourth-order valence-electron chi connectivity index (χ4n) is 3.09. The summed E-state index contributed by atoms with van der Waals surface area (Å²) in [5, 5.41) is 2.84. The van der Waals surface area contributed by atoms with Gasteiger partial charge in [-0.05, 0) is 36.4 Å². The number of hydrogen-bond donors (Lipinski definition) is 1. The summed E-state index contributed by atoms with van der Waals surface area (Å²) in [4.78, 5) is 31.8. The number of amides is 2. The van der Waals surface area contributed by atoms with E-state index >= 15 is 0 Å². The molecule has 0 unspecified atom stereocenters. The summed E-state index contributed by atoms with van der Waals surface area (Å²) in [6.45, 7) is 0.432. The summed E-state index contributed by atoms with van der Waals surface area (Å²) >= 11 is 1.42. The first-order valence-corrected chi connectivity index (χ1v) is 10.1. The van der Waals surface area contributed by atoms with Crippen molar-refractivity contribution in [2.75, 3.05) is 10.7 Å². The van der Waals surface area contributed by atoms with E-state index in [9.17, 15) is 14.0 Å². The van der Waals surface area contributed by atoms with Gasteiger partial charge in [0.25, 0.3) is 5.91 Å². The molecule has 2 heterocycles. The molecule has 1 aromatic heterocycles. The maximum absolute atomic E-state index is 14.1. The van der Waals surface area contributed by atoms with Crippen LogP contribution >= 0.6 is 11.8 Å². The summed E-state index contributed by atoms with van der Waals surface area (Å²) in [5.41, 5.74) is 2.25. The minimum absolute atomic E-state index is 0.114. The van der Waals surface area contributed by atoms with E-state index in [1.807, 2.05) is 24.3 Å². The number of fused-ring (bicyclic) bond motifs is 1. The Morgan fingerprint density at radius 2 is 1.97 bits per heavy atom. The number of carbonyl (C=O) groups excluding carboxylic acids is 2. The van der Waals surface area contributed by atoms with Gasteiger partial charge in [-0.15, -0.1) is 11.8 Å². The third-order valence-electron chi connectivity index (χ3n) is 4.61. The van der Waals surface area contributed by atoms with Crippen LogP contribution in [-0.4, -0.2) is 22.6 Å². The number of halogens is 1. The zero-order valence-corrected chi connectivity index (χ0v) is 16.3. The molecule has 1 aliphatic heterocycles. The second-order valence-corrected chi connectivity index (χ2v) is 7.56. The van der Waals surface area contributed by atoms with Crippen molar-refractivity contribution in [2.24, 2.45) is 0 Å². The lowest BCUT2D eigenvalue weighted by Gasteiger charge is -2.29. The quantitative estimate of drug-likeness (QED) is 0.699. The van der Waals surface area contributed by atoms with Gasteiger partial charge in [0.05, 0.1) is 30.2 Å². The van der Waals surface area contributed by atoms with Crippen LogP contribution in [-0.2, 0) is 17.9 Å². The number of rotatable bonds is 5. The molecule has 0 saturated heterocycles. The average molecular weight is 407 g/mol. The van der Waals surface area contributed by atoms with Crippen LogP contribution in [0.2, 0.25) is 0 Å². The van der Waals surface area contributed by atoms with E-state index < -0.39 is 0 Å². The van der Waals surface area contributed by atoms with E-state index in [2.05, 4.69) is 10.3 Å². The second kappa shape index (κ2) is 8.45. The van der Waals surface area contributed by atoms with Gasteiger partial charge in [-0.25, -0.2) is 4.39 Å². The minimum atomic E-state index is -0.357. The Morgan fingerprint density at radius 1 is 1.14 bits per heavy atom. The lowest BCUT2D eigenvalue weighted by atomic mass is 10.1. The molecule has 1 N–H and O–H groups in total. The van der Waals surface area contributed by atoms with Crippen molar-refractivity contribution < 1.29 is 14.0 Å². The van der Waals surface area contributed by atoms with Crippen molar-refractivity contribution in [1.29, 1.82) is 0 Å². The van der Waals surface area contributed by atoms with Crippen LogP contribution in [0.1, 0.15) is 21.6 Å². The third kappa shape index (κ3) is 4.30. The van der Waals surface area contributed by atoms with Gasteiger partial charge in [-0.2, -0.15) is 0 Å². The fourth-order valence-corrected chi connectivity index (χ4v) is 4.01. The van der Waals surface area contributed by atoms with Gasteiger partial charge in [-0.1, -0.05) is 24.3 Å². The monoisotopic (exact) mass is 407 g/mol. The van der Waals surface area contributed by atoms with E-state index in [1.54, 1.807) is 41.4 Å². The zero-order valence-electron chi connectivity index (χ0n) is 15.5. The van der Waals surface area contributed by atoms with E-state index in [0.717, 1.165) is 10.6 Å². The Labute approximate surface area is 172 Å². The molecule has 5 nitrogen and oxygen atoms in total. The van der Waals surface area contributed by atoms with Crippen LogP contribution in [0, 0.1) is 5.82 Å². The molecular formula is C22H18FN3O2S. The Balaban J connectivity index is 1.57. The first-order chi connectivity index (χ1) is 14.1. The first kappa shape index (κ1) is 19.1. The zero-order chi connectivity index (χ0) is 20.2. The smallest absolute Gasteiger partial charge is 0.251 e. The van der Waals surface area contributed by atoms with Gasteiger partial charge >= 0.3 is 0 Å². The van der Waals surface area contributed by atoms with E-state index in [1.165, 1.54) is 17.8 Å². The molecule has 29 heavy (non-hydrogen) atoms. The topological polar surface area (TPSA) is 62.3 Å². The van der Waals surface area contributed by atoms with Crippen LogP contribution < -0.4 is 10.2 Å². The molecular weight excluding hydrogens is 389 g/mol. The Kier molecular flexibility index (Phi) is 5.57. The van der Waals surface area contributed by atoms with Crippen LogP contribution in [0.25, 0.3) is 0 Å². The highest BCUT2D eigenvalue weighted by Gasteiger charge is 2.26. The molecule has 4 rings (SSSR count). The Bertz CT molecular complexity index is 1060. The highest BCUT2D eigenvalue weighted by atomic mass is 32.2. The number of carbonyl (C=O) groups is 2. The number of nitrogens with zero attached hydrogens (tertiary/aromatic N) is 2. The van der Waals surface area contributed by atoms with Crippen LogP contribution in [0.4, 0.5) is 10.1 Å². The number of anilines is 1. The van der Waals surface area contributed by atoms with Crippen LogP contribution in [0.5, 0.6) is 0 Å². The van der Waals surface area contributed by atoms with Gasteiger partial charge in [0, 0.05) is 22.2 Å². The molecule has 146 valence electrons. The number of benzene rings is 2. The number of aromatic nitrogens is 1. The van der Waals surface area contributed by atoms with Crippen LogP contribution in [0.3, 0.4) is 0 Å². The molecule has 0 aliphatic carbocycles. The first-order valence-electron chi connectivity index (χ1n) is 9.10. The molecule has 0 saturated carbocycles. The van der Waals surface area contributed by atoms with Gasteiger partial charge in [0.15, 0.2) is 0 Å². The van der Waals surface area contributed by atoms with E-state index in [0.29, 0.717) is 23.4 Å². The summed E-state index contributed by atoms with van der Waals surface area (Å²) in [7, 11) is 0. The fraction of sp³-hybridized carbons (Fsp3) is 0.136. The predicted molar refractivity (Wildman–Crippen MR) is 110 cm³/mol. The highest BCUT2D eigenvalue weighted by Crippen LogP contribution is 2.37. The van der Waals surface area contributed by atoms with Crippen molar-refractivity contribution in [3.63, 3.8) is 0 Å². The van der Waals surface area contributed by atoms with Crippen molar-refractivity contribution in [3.8, 4) is 0 Å². The maximum Gasteiger partial charge on any atom is 0.251 e. The summed E-state index contributed by atoms with van der Waals surface area (Å²) < 4.78 is 14.1. The van der Waals surface area contributed by atoms with Crippen molar-refractivity contribution in [1.82, 2.24) is 10.3 Å². The molecule has 3 aromatic rings. The minimum Gasteiger partial charge on any atom is -0.346 e. The van der Waals surface area contributed by atoms with E-state index in [4.69, 9.17) is 0 Å². The third-order valence-corrected chi connectivity index (χ3v) is 5.65. The number of pyridine rings is 1. The molecule has 0 radical (unpaired) electrons. The van der Waals surface area contributed by atoms with Crippen molar-refractivity contribution >= 4 is 29.3 Å².